The van der Waals surface area contributed by atoms with E-state index in [1.807, 2.05) is 6.92 Å². The Morgan fingerprint density at radius 3 is 2.85 bits per heavy atom. The molecule has 0 aromatic heterocycles. The standard InChI is InChI=1S/C26H35N3O4/c1-5-13-33-24(31)28-27-23(30)25(3)16(2)19-7-6-11-29-12-10-26(22(19)29)20-9-8-18(32-4)14-17(20)15-21(25)26/h6-9,14,16,19,21-22H,5,10-13,15H2,1-4H3,(H,27,30)(H,28,31)/t16-,19?,21+,22?,25+,26?/m1/s1. The smallest absolute Gasteiger partial charge is 0.426 e. The Hall–Kier alpha value is -2.54. The zero-order valence-corrected chi connectivity index (χ0v) is 20.0. The maximum absolute atomic E-state index is 13.8. The average molecular weight is 454 g/mol. The van der Waals surface area contributed by atoms with Gasteiger partial charge in [0.15, 0.2) is 0 Å². The number of nitrogens with one attached hydrogen (secondary N) is 2. The van der Waals surface area contributed by atoms with E-state index in [4.69, 9.17) is 9.47 Å². The minimum Gasteiger partial charge on any atom is -0.497 e. The molecule has 1 aromatic rings. The molecule has 2 amide bonds. The highest BCUT2D eigenvalue weighted by molar-refractivity contribution is 5.85. The lowest BCUT2D eigenvalue weighted by Crippen LogP contribution is -2.67. The molecule has 2 aliphatic heterocycles. The second-order valence-electron chi connectivity index (χ2n) is 10.3. The molecule has 1 saturated heterocycles. The van der Waals surface area contributed by atoms with Crippen LogP contribution in [0.25, 0.3) is 0 Å². The third-order valence-electron chi connectivity index (χ3n) is 9.11. The SMILES string of the molecule is CCCOC(=O)NNC(=O)[C@@]1(C)[C@H](C)C2C=CCN3CCC4(c5ccc(OC)cc5C[C@H]41)C23. The van der Waals surface area contributed by atoms with Crippen LogP contribution >= 0.6 is 0 Å². The maximum Gasteiger partial charge on any atom is 0.426 e. The van der Waals surface area contributed by atoms with Crippen molar-refractivity contribution in [2.45, 2.75) is 51.5 Å². The quantitative estimate of drug-likeness (QED) is 0.541. The molecule has 5 rings (SSSR count). The Balaban J connectivity index is 1.55. The minimum atomic E-state index is -0.664. The number of nitrogens with zero attached hydrogens (tertiary/aromatic N) is 1. The zero-order valence-electron chi connectivity index (χ0n) is 20.0. The van der Waals surface area contributed by atoms with E-state index in [1.165, 1.54) is 11.1 Å². The van der Waals surface area contributed by atoms with Crippen molar-refractivity contribution < 1.29 is 19.1 Å². The summed E-state index contributed by atoms with van der Waals surface area (Å²) in [5, 5.41) is 0. The van der Waals surface area contributed by atoms with Gasteiger partial charge in [-0.15, -0.1) is 0 Å². The average Bonchev–Trinajstić information content (AvgIpc) is 3.39. The van der Waals surface area contributed by atoms with Crippen LogP contribution in [-0.4, -0.2) is 49.7 Å². The van der Waals surface area contributed by atoms with Crippen molar-refractivity contribution in [2.75, 3.05) is 26.8 Å². The van der Waals surface area contributed by atoms with E-state index in [0.29, 0.717) is 12.6 Å². The molecular weight excluding hydrogens is 418 g/mol. The van der Waals surface area contributed by atoms with Gasteiger partial charge in [-0.25, -0.2) is 10.2 Å². The summed E-state index contributed by atoms with van der Waals surface area (Å²) in [6.45, 7) is 8.58. The van der Waals surface area contributed by atoms with Crippen LogP contribution in [0.3, 0.4) is 0 Å². The molecule has 178 valence electrons. The van der Waals surface area contributed by atoms with E-state index in [1.54, 1.807) is 7.11 Å². The number of ether oxygens (including phenoxy) is 2. The predicted octanol–water partition coefficient (Wildman–Crippen LogP) is 3.19. The van der Waals surface area contributed by atoms with E-state index in [9.17, 15) is 9.59 Å². The van der Waals surface area contributed by atoms with Gasteiger partial charge in [0.1, 0.15) is 5.75 Å². The van der Waals surface area contributed by atoms with E-state index >= 15 is 0 Å². The van der Waals surface area contributed by atoms with Gasteiger partial charge >= 0.3 is 6.09 Å². The summed E-state index contributed by atoms with van der Waals surface area (Å²) in [5.74, 6) is 1.24. The molecule has 33 heavy (non-hydrogen) atoms. The van der Waals surface area contributed by atoms with Gasteiger partial charge in [0.25, 0.3) is 0 Å². The van der Waals surface area contributed by atoms with Gasteiger partial charge in [0.05, 0.1) is 19.1 Å². The number of amides is 2. The van der Waals surface area contributed by atoms with Gasteiger partial charge in [-0.3, -0.25) is 15.1 Å². The highest BCUT2D eigenvalue weighted by Crippen LogP contribution is 2.67. The first-order valence-corrected chi connectivity index (χ1v) is 12.2. The number of carbonyl (C=O) groups is 2. The van der Waals surface area contributed by atoms with Crippen molar-refractivity contribution >= 4 is 12.0 Å². The van der Waals surface area contributed by atoms with E-state index in [2.05, 4.69) is 60.0 Å². The Morgan fingerprint density at radius 1 is 1.27 bits per heavy atom. The summed E-state index contributed by atoms with van der Waals surface area (Å²) in [7, 11) is 1.70. The predicted molar refractivity (Wildman–Crippen MR) is 125 cm³/mol. The molecule has 6 atom stereocenters. The van der Waals surface area contributed by atoms with Crippen LogP contribution in [0.5, 0.6) is 5.75 Å². The van der Waals surface area contributed by atoms with Crippen LogP contribution in [0.1, 0.15) is 44.7 Å². The fourth-order valence-electron chi connectivity index (χ4n) is 7.52. The zero-order chi connectivity index (χ0) is 23.4. The number of carbonyl (C=O) groups excluding carboxylic acids is 2. The summed E-state index contributed by atoms with van der Waals surface area (Å²) < 4.78 is 10.6. The number of hydrazine groups is 1. The molecule has 0 bridgehead atoms. The number of fused-ring (bicyclic) bond motifs is 1. The lowest BCUT2D eigenvalue weighted by Gasteiger charge is -2.59. The van der Waals surface area contributed by atoms with E-state index in [-0.39, 0.29) is 29.1 Å². The first-order chi connectivity index (χ1) is 15.9. The lowest BCUT2D eigenvalue weighted by atomic mass is 9.46. The van der Waals surface area contributed by atoms with Crippen LogP contribution in [0.15, 0.2) is 30.4 Å². The van der Waals surface area contributed by atoms with Crippen molar-refractivity contribution in [3.05, 3.63) is 41.5 Å². The van der Waals surface area contributed by atoms with Crippen molar-refractivity contribution in [1.29, 1.82) is 0 Å². The molecule has 7 heteroatoms. The van der Waals surface area contributed by atoms with Crippen LogP contribution < -0.4 is 15.6 Å². The lowest BCUT2D eigenvalue weighted by molar-refractivity contribution is -0.149. The topological polar surface area (TPSA) is 79.9 Å². The first kappa shape index (κ1) is 22.3. The van der Waals surface area contributed by atoms with Gasteiger partial charge in [-0.1, -0.05) is 39.0 Å². The Bertz CT molecular complexity index is 994. The molecule has 2 aliphatic carbocycles. The molecule has 1 spiro atoms. The first-order valence-electron chi connectivity index (χ1n) is 12.2. The normalized spacial score (nSPS) is 35.9. The van der Waals surface area contributed by atoms with Crippen molar-refractivity contribution in [2.24, 2.45) is 23.2 Å². The Morgan fingerprint density at radius 2 is 2.09 bits per heavy atom. The molecular formula is C26H35N3O4. The Labute approximate surface area is 195 Å². The maximum atomic E-state index is 13.8. The Kier molecular flexibility index (Phi) is 5.43. The molecule has 0 radical (unpaired) electrons. The summed E-state index contributed by atoms with van der Waals surface area (Å²) in [5.41, 5.74) is 7.12. The fraction of sp³-hybridized carbons (Fsp3) is 0.615. The second-order valence-corrected chi connectivity index (χ2v) is 10.3. The van der Waals surface area contributed by atoms with Crippen molar-refractivity contribution in [3.8, 4) is 5.75 Å². The number of hydrogen-bond acceptors (Lipinski definition) is 5. The van der Waals surface area contributed by atoms with Gasteiger partial charge in [-0.05, 0) is 66.8 Å². The molecule has 1 aromatic carbocycles. The fourth-order valence-corrected chi connectivity index (χ4v) is 7.52. The van der Waals surface area contributed by atoms with Gasteiger partial charge in [0, 0.05) is 18.0 Å². The summed E-state index contributed by atoms with van der Waals surface area (Å²) in [6.07, 6.45) is 6.59. The third kappa shape index (κ3) is 3.04. The van der Waals surface area contributed by atoms with E-state index in [0.717, 1.165) is 38.1 Å². The summed E-state index contributed by atoms with van der Waals surface area (Å²) >= 11 is 0. The number of hydrogen-bond donors (Lipinski definition) is 2. The monoisotopic (exact) mass is 453 g/mol. The largest absolute Gasteiger partial charge is 0.497 e. The van der Waals surface area contributed by atoms with Crippen LogP contribution in [0.2, 0.25) is 0 Å². The number of rotatable bonds is 4. The molecule has 2 fully saturated rings. The van der Waals surface area contributed by atoms with Crippen LogP contribution in [0, 0.1) is 23.2 Å². The van der Waals surface area contributed by atoms with Gasteiger partial charge in [0.2, 0.25) is 5.91 Å². The molecule has 4 aliphatic rings. The molecule has 2 heterocycles. The van der Waals surface area contributed by atoms with Crippen molar-refractivity contribution in [3.63, 3.8) is 0 Å². The van der Waals surface area contributed by atoms with Crippen LogP contribution in [0.4, 0.5) is 4.79 Å². The minimum absolute atomic E-state index is 0.0850. The molecule has 3 unspecified atom stereocenters. The number of methoxy groups -OCH3 is 1. The molecule has 7 nitrogen and oxygen atoms in total. The molecule has 2 N–H and O–H groups in total. The molecule has 1 saturated carbocycles. The van der Waals surface area contributed by atoms with Gasteiger partial charge in [-0.2, -0.15) is 0 Å². The summed E-state index contributed by atoms with van der Waals surface area (Å²) in [6, 6.07) is 6.84. The highest BCUT2D eigenvalue weighted by Gasteiger charge is 2.70. The second kappa shape index (κ2) is 8.05. The van der Waals surface area contributed by atoms with Gasteiger partial charge < -0.3 is 9.47 Å². The van der Waals surface area contributed by atoms with Crippen molar-refractivity contribution in [1.82, 2.24) is 15.8 Å². The number of benzene rings is 1. The van der Waals surface area contributed by atoms with Crippen LogP contribution in [-0.2, 0) is 21.4 Å². The van der Waals surface area contributed by atoms with E-state index < -0.39 is 11.5 Å². The summed E-state index contributed by atoms with van der Waals surface area (Å²) in [4.78, 5) is 28.5. The third-order valence-corrected chi connectivity index (χ3v) is 9.11. The highest BCUT2D eigenvalue weighted by atomic mass is 16.6.